The van der Waals surface area contributed by atoms with Crippen LogP contribution in [0.3, 0.4) is 0 Å². The van der Waals surface area contributed by atoms with E-state index in [2.05, 4.69) is 0 Å². The highest BCUT2D eigenvalue weighted by Gasteiger charge is 2.24. The molecule has 0 saturated carbocycles. The molecule has 2 aromatic rings. The van der Waals surface area contributed by atoms with E-state index >= 15 is 0 Å². The van der Waals surface area contributed by atoms with Gasteiger partial charge in [0.25, 0.3) is 5.91 Å². The summed E-state index contributed by atoms with van der Waals surface area (Å²) < 4.78 is 17.3. The first-order valence-corrected chi connectivity index (χ1v) is 10.6. The molecule has 1 aromatic carbocycles. The maximum absolute atomic E-state index is 14.7. The molecule has 2 rings (SSSR count). The van der Waals surface area contributed by atoms with E-state index in [1.807, 2.05) is 0 Å². The number of rotatable bonds is 5. The van der Waals surface area contributed by atoms with Gasteiger partial charge in [-0.1, -0.05) is 18.5 Å². The summed E-state index contributed by atoms with van der Waals surface area (Å²) in [5.74, 6) is -2.02. The minimum absolute atomic E-state index is 0.0201. The number of hydroxylamine groups is 2. The third-order valence-electron chi connectivity index (χ3n) is 4.26. The second kappa shape index (κ2) is 9.79. The molecule has 0 bridgehead atoms. The van der Waals surface area contributed by atoms with Crippen molar-refractivity contribution in [2.75, 3.05) is 7.05 Å². The van der Waals surface area contributed by atoms with Gasteiger partial charge in [0.2, 0.25) is 0 Å². The van der Waals surface area contributed by atoms with Gasteiger partial charge in [0, 0.05) is 32.5 Å². The number of hydrogen-bond acceptors (Lipinski definition) is 7. The molecule has 1 unspecified atom stereocenters. The Hall–Kier alpha value is -2.44. The lowest BCUT2D eigenvalue weighted by Crippen LogP contribution is -2.43. The fraction of sp³-hybridized carbons (Fsp3) is 0.389. The van der Waals surface area contributed by atoms with E-state index in [-0.39, 0.29) is 26.8 Å². The first-order chi connectivity index (χ1) is 14.4. The number of carbonyl (C=O) groups is 2. The Morgan fingerprint density at radius 3 is 2.32 bits per heavy atom. The molecule has 0 radical (unpaired) electrons. The monoisotopic (exact) mass is 490 g/mol. The van der Waals surface area contributed by atoms with Gasteiger partial charge in [0.15, 0.2) is 4.77 Å². The molecule has 1 heterocycles. The van der Waals surface area contributed by atoms with Crippen LogP contribution in [0.5, 0.6) is 0 Å². The SMILES string of the molecule is CCC(=O)ON(C)C(=O)C(C)Sc1cc(-n2c(=O)n(C)c(=S)n(C)c2=O)c(F)cc1Cl. The molecule has 0 spiro atoms. The van der Waals surface area contributed by atoms with Crippen molar-refractivity contribution in [3.63, 3.8) is 0 Å². The number of halogens is 2. The molecule has 1 aromatic heterocycles. The smallest absolute Gasteiger partial charge is 0.338 e. The van der Waals surface area contributed by atoms with E-state index in [9.17, 15) is 23.6 Å². The van der Waals surface area contributed by atoms with Crippen LogP contribution in [0.4, 0.5) is 4.39 Å². The molecule has 0 aliphatic carbocycles. The van der Waals surface area contributed by atoms with Gasteiger partial charge in [-0.05, 0) is 31.3 Å². The van der Waals surface area contributed by atoms with E-state index in [0.29, 0.717) is 4.57 Å². The average molecular weight is 491 g/mol. The molecular weight excluding hydrogens is 471 g/mol. The van der Waals surface area contributed by atoms with Gasteiger partial charge in [-0.25, -0.2) is 23.3 Å². The van der Waals surface area contributed by atoms with Crippen LogP contribution in [0.1, 0.15) is 20.3 Å². The summed E-state index contributed by atoms with van der Waals surface area (Å²) in [6.45, 7) is 3.13. The molecule has 31 heavy (non-hydrogen) atoms. The first-order valence-electron chi connectivity index (χ1n) is 8.94. The van der Waals surface area contributed by atoms with E-state index in [4.69, 9.17) is 28.7 Å². The van der Waals surface area contributed by atoms with Crippen molar-refractivity contribution in [2.24, 2.45) is 14.1 Å². The predicted molar refractivity (Wildman–Crippen MR) is 117 cm³/mol. The third-order valence-corrected chi connectivity index (χ3v) is 6.38. The molecule has 1 amide bonds. The Bertz CT molecular complexity index is 1180. The third kappa shape index (κ3) is 5.08. The van der Waals surface area contributed by atoms with Gasteiger partial charge < -0.3 is 4.84 Å². The standard InChI is InChI=1S/C18H20ClFN4O5S2/c1-6-14(25)29-23(5)15(26)9(2)31-13-8-12(11(20)7-10(13)19)24-16(27)21(3)18(30)22(4)17(24)28/h7-9H,6H2,1-5H3. The fourth-order valence-electron chi connectivity index (χ4n) is 2.52. The van der Waals surface area contributed by atoms with Crippen molar-refractivity contribution < 1.29 is 18.8 Å². The van der Waals surface area contributed by atoms with Crippen molar-refractivity contribution in [3.05, 3.63) is 48.7 Å². The average Bonchev–Trinajstić information content (AvgIpc) is 2.72. The van der Waals surface area contributed by atoms with Gasteiger partial charge in [-0.3, -0.25) is 13.9 Å². The Balaban J connectivity index is 2.49. The molecule has 0 aliphatic heterocycles. The van der Waals surface area contributed by atoms with Crippen molar-refractivity contribution in [1.82, 2.24) is 18.8 Å². The van der Waals surface area contributed by atoms with E-state index in [1.165, 1.54) is 27.2 Å². The minimum atomic E-state index is -0.904. The number of benzene rings is 1. The normalized spacial score (nSPS) is 11.8. The summed E-state index contributed by atoms with van der Waals surface area (Å²) in [7, 11) is 4.01. The number of amides is 1. The molecular formula is C18H20ClFN4O5S2. The second-order valence-electron chi connectivity index (χ2n) is 6.45. The molecule has 0 saturated heterocycles. The quantitative estimate of drug-likeness (QED) is 0.360. The van der Waals surface area contributed by atoms with Crippen molar-refractivity contribution in [2.45, 2.75) is 30.4 Å². The van der Waals surface area contributed by atoms with Crippen LogP contribution in [-0.4, -0.2) is 42.9 Å². The Morgan fingerprint density at radius 1 is 1.26 bits per heavy atom. The van der Waals surface area contributed by atoms with Crippen LogP contribution in [-0.2, 0) is 28.5 Å². The number of nitrogens with zero attached hydrogens (tertiary/aromatic N) is 4. The zero-order valence-electron chi connectivity index (χ0n) is 17.3. The van der Waals surface area contributed by atoms with Crippen molar-refractivity contribution >= 4 is 47.5 Å². The molecule has 13 heteroatoms. The van der Waals surface area contributed by atoms with Crippen LogP contribution in [0.25, 0.3) is 5.69 Å². The molecule has 9 nitrogen and oxygen atoms in total. The first kappa shape index (κ1) is 24.8. The van der Waals surface area contributed by atoms with Gasteiger partial charge in [0.1, 0.15) is 5.82 Å². The second-order valence-corrected chi connectivity index (χ2v) is 8.60. The molecule has 0 N–H and O–H groups in total. The highest BCUT2D eigenvalue weighted by atomic mass is 35.5. The van der Waals surface area contributed by atoms with E-state index < -0.39 is 34.3 Å². The molecule has 1 atom stereocenters. The topological polar surface area (TPSA) is 95.5 Å². The van der Waals surface area contributed by atoms with Crippen LogP contribution in [0.2, 0.25) is 5.02 Å². The van der Waals surface area contributed by atoms with E-state index in [1.54, 1.807) is 13.8 Å². The maximum atomic E-state index is 14.7. The molecule has 0 aliphatic rings. The summed E-state index contributed by atoms with van der Waals surface area (Å²) in [6.07, 6.45) is 0.0938. The summed E-state index contributed by atoms with van der Waals surface area (Å²) in [5, 5.41) is 0.00843. The highest BCUT2D eigenvalue weighted by molar-refractivity contribution is 8.00. The van der Waals surface area contributed by atoms with Crippen LogP contribution >= 0.6 is 35.6 Å². The largest absolute Gasteiger partial charge is 0.338 e. The predicted octanol–water partition coefficient (Wildman–Crippen LogP) is 2.20. The summed E-state index contributed by atoms with van der Waals surface area (Å²) in [6, 6.07) is 2.15. The number of hydrogen-bond donors (Lipinski definition) is 0. The zero-order valence-corrected chi connectivity index (χ0v) is 19.7. The van der Waals surface area contributed by atoms with Crippen LogP contribution < -0.4 is 11.4 Å². The number of aromatic nitrogens is 3. The summed E-state index contributed by atoms with van der Waals surface area (Å²) in [5.41, 5.74) is -2.00. The maximum Gasteiger partial charge on any atom is 0.338 e. The highest BCUT2D eigenvalue weighted by Crippen LogP contribution is 2.34. The Labute approximate surface area is 190 Å². The Morgan fingerprint density at radius 2 is 1.81 bits per heavy atom. The molecule has 0 fully saturated rings. The van der Waals surface area contributed by atoms with Crippen LogP contribution in [0, 0.1) is 10.6 Å². The van der Waals surface area contributed by atoms with E-state index in [0.717, 1.165) is 32.0 Å². The minimum Gasteiger partial charge on any atom is -0.338 e. The van der Waals surface area contributed by atoms with Gasteiger partial charge in [-0.2, -0.15) is 5.06 Å². The number of thioether (sulfide) groups is 1. The summed E-state index contributed by atoms with van der Waals surface area (Å²) in [4.78, 5) is 54.1. The Kier molecular flexibility index (Phi) is 7.84. The summed E-state index contributed by atoms with van der Waals surface area (Å²) >= 11 is 12.1. The van der Waals surface area contributed by atoms with Crippen LogP contribution in [0.15, 0.2) is 26.6 Å². The van der Waals surface area contributed by atoms with Gasteiger partial charge >= 0.3 is 17.3 Å². The zero-order chi connectivity index (χ0) is 23.6. The molecule has 168 valence electrons. The lowest BCUT2D eigenvalue weighted by atomic mass is 10.3. The van der Waals surface area contributed by atoms with Gasteiger partial charge in [-0.15, -0.1) is 11.8 Å². The van der Waals surface area contributed by atoms with Crippen molar-refractivity contribution in [3.8, 4) is 5.69 Å². The lowest BCUT2D eigenvalue weighted by molar-refractivity contribution is -0.191. The van der Waals surface area contributed by atoms with Gasteiger partial charge in [0.05, 0.1) is 16.0 Å². The van der Waals surface area contributed by atoms with Crippen molar-refractivity contribution in [1.29, 1.82) is 0 Å². The lowest BCUT2D eigenvalue weighted by Gasteiger charge is -2.20. The number of carbonyl (C=O) groups excluding carboxylic acids is 2. The fourth-order valence-corrected chi connectivity index (χ4v) is 3.94.